The Morgan fingerprint density at radius 2 is 2.05 bits per heavy atom. The first-order chi connectivity index (χ1) is 9.33. The van der Waals surface area contributed by atoms with Gasteiger partial charge in [-0.25, -0.2) is 0 Å². The van der Waals surface area contributed by atoms with Crippen LogP contribution in [0.15, 0.2) is 29.8 Å². The molecule has 0 saturated heterocycles. The van der Waals surface area contributed by atoms with Crippen molar-refractivity contribution in [2.75, 3.05) is 5.32 Å². The average Bonchev–Trinajstić information content (AvgIpc) is 2.58. The molecule has 1 amide bonds. The van der Waals surface area contributed by atoms with Crippen molar-refractivity contribution >= 4 is 17.4 Å². The van der Waals surface area contributed by atoms with Gasteiger partial charge in [-0.1, -0.05) is 17.7 Å². The fraction of sp³-hybridized carbons (Fsp3) is 0.375. The molecular weight excluding hydrogens is 254 g/mol. The largest absolute Gasteiger partial charge is 0.375 e. The fourth-order valence-corrected chi connectivity index (χ4v) is 2.38. The summed E-state index contributed by atoms with van der Waals surface area (Å²) in [5.74, 6) is -0.743. The smallest absolute Gasteiger partial charge is 0.261 e. The third-order valence-corrected chi connectivity index (χ3v) is 3.40. The van der Waals surface area contributed by atoms with Crippen LogP contribution in [0.25, 0.3) is 0 Å². The predicted molar refractivity (Wildman–Crippen MR) is 77.4 cm³/mol. The summed E-state index contributed by atoms with van der Waals surface area (Å²) in [6, 6.07) is 5.49. The quantitative estimate of drug-likeness (QED) is 0.827. The molecule has 1 atom stereocenters. The summed E-state index contributed by atoms with van der Waals surface area (Å²) in [7, 11) is 0. The first kappa shape index (κ1) is 14.5. The van der Waals surface area contributed by atoms with Crippen molar-refractivity contribution in [3.05, 3.63) is 41.0 Å². The fourth-order valence-electron chi connectivity index (χ4n) is 2.38. The minimum atomic E-state index is -1.73. The van der Waals surface area contributed by atoms with Crippen molar-refractivity contribution in [2.24, 2.45) is 0 Å². The van der Waals surface area contributed by atoms with Gasteiger partial charge in [-0.2, -0.15) is 0 Å². The maximum atomic E-state index is 11.9. The number of benzene rings is 1. The molecule has 0 radical (unpaired) electrons. The van der Waals surface area contributed by atoms with E-state index in [2.05, 4.69) is 11.4 Å². The number of aliphatic hydroxyl groups is 1. The monoisotopic (exact) mass is 273 g/mol. The van der Waals surface area contributed by atoms with E-state index >= 15 is 0 Å². The number of allylic oxidation sites excluding steroid dienone is 2. The lowest BCUT2D eigenvalue weighted by Gasteiger charge is -2.19. The number of amides is 1. The van der Waals surface area contributed by atoms with Crippen LogP contribution in [0.4, 0.5) is 5.69 Å². The molecule has 20 heavy (non-hydrogen) atoms. The van der Waals surface area contributed by atoms with Crippen molar-refractivity contribution in [3.8, 4) is 0 Å². The summed E-state index contributed by atoms with van der Waals surface area (Å²) in [6.07, 6.45) is 2.62. The van der Waals surface area contributed by atoms with Gasteiger partial charge in [0.05, 0.1) is 0 Å². The molecule has 0 unspecified atom stereocenters. The number of carbonyl (C=O) groups is 2. The molecule has 1 heterocycles. The molecule has 2 rings (SSSR count). The third-order valence-electron chi connectivity index (χ3n) is 3.40. The number of rotatable bonds is 4. The molecule has 0 fully saturated rings. The van der Waals surface area contributed by atoms with Crippen LogP contribution in [-0.4, -0.2) is 16.8 Å². The number of hydrogen-bond acceptors (Lipinski definition) is 3. The van der Waals surface area contributed by atoms with Gasteiger partial charge in [-0.3, -0.25) is 9.59 Å². The molecule has 1 aromatic carbocycles. The minimum Gasteiger partial charge on any atom is -0.375 e. The number of fused-ring (bicyclic) bond motifs is 1. The van der Waals surface area contributed by atoms with Crippen LogP contribution in [0.5, 0.6) is 0 Å². The standard InChI is InChI=1S/C16H19NO3/c1-10(2)4-5-12-6-7-14-13(8-12)16(20,9-11(3)18)15(19)17-14/h4,6-8,20H,5,9H2,1-3H3,(H,17,19)/t16-/m1/s1. The van der Waals surface area contributed by atoms with Crippen LogP contribution in [0.1, 0.15) is 38.3 Å². The topological polar surface area (TPSA) is 66.4 Å². The van der Waals surface area contributed by atoms with E-state index in [1.165, 1.54) is 12.5 Å². The first-order valence-corrected chi connectivity index (χ1v) is 6.63. The highest BCUT2D eigenvalue weighted by atomic mass is 16.3. The van der Waals surface area contributed by atoms with Gasteiger partial charge in [-0.15, -0.1) is 0 Å². The van der Waals surface area contributed by atoms with Gasteiger partial charge in [0, 0.05) is 17.7 Å². The summed E-state index contributed by atoms with van der Waals surface area (Å²) >= 11 is 0. The number of carbonyl (C=O) groups excluding carboxylic acids is 2. The molecule has 1 aliphatic heterocycles. The van der Waals surface area contributed by atoms with Crippen LogP contribution in [0.2, 0.25) is 0 Å². The molecule has 106 valence electrons. The van der Waals surface area contributed by atoms with Gasteiger partial charge in [0.15, 0.2) is 5.60 Å². The van der Waals surface area contributed by atoms with Gasteiger partial charge in [0.2, 0.25) is 0 Å². The molecule has 4 nitrogen and oxygen atoms in total. The highest BCUT2D eigenvalue weighted by Crippen LogP contribution is 2.39. The maximum Gasteiger partial charge on any atom is 0.261 e. The first-order valence-electron chi connectivity index (χ1n) is 6.63. The Hall–Kier alpha value is -1.94. The number of anilines is 1. The van der Waals surface area contributed by atoms with Crippen molar-refractivity contribution in [3.63, 3.8) is 0 Å². The Morgan fingerprint density at radius 1 is 1.35 bits per heavy atom. The normalized spacial score (nSPS) is 20.3. The number of hydrogen-bond donors (Lipinski definition) is 2. The second-order valence-corrected chi connectivity index (χ2v) is 5.56. The molecule has 0 saturated carbocycles. The zero-order valence-corrected chi connectivity index (χ0v) is 12.0. The van der Waals surface area contributed by atoms with Crippen LogP contribution < -0.4 is 5.32 Å². The van der Waals surface area contributed by atoms with E-state index in [0.29, 0.717) is 11.3 Å². The minimum absolute atomic E-state index is 0.196. The SMILES string of the molecule is CC(=O)C[C@]1(O)C(=O)Nc2ccc(CC=C(C)C)cc21. The molecular formula is C16H19NO3. The molecule has 0 spiro atoms. The lowest BCUT2D eigenvalue weighted by molar-refractivity contribution is -0.139. The summed E-state index contributed by atoms with van der Waals surface area (Å²) in [4.78, 5) is 23.3. The summed E-state index contributed by atoms with van der Waals surface area (Å²) in [5.41, 5.74) is 1.56. The van der Waals surface area contributed by atoms with E-state index in [4.69, 9.17) is 0 Å². The van der Waals surface area contributed by atoms with Gasteiger partial charge in [0.25, 0.3) is 5.91 Å². The van der Waals surface area contributed by atoms with Gasteiger partial charge in [-0.05, 0) is 44.9 Å². The molecule has 4 heteroatoms. The Morgan fingerprint density at radius 3 is 2.65 bits per heavy atom. The Balaban J connectivity index is 2.39. The summed E-state index contributed by atoms with van der Waals surface area (Å²) in [6.45, 7) is 5.41. The number of nitrogens with one attached hydrogen (secondary N) is 1. The van der Waals surface area contributed by atoms with E-state index in [0.717, 1.165) is 12.0 Å². The maximum absolute atomic E-state index is 11.9. The predicted octanol–water partition coefficient (Wildman–Crippen LogP) is 2.31. The second-order valence-electron chi connectivity index (χ2n) is 5.56. The molecule has 0 aromatic heterocycles. The van der Waals surface area contributed by atoms with E-state index in [1.807, 2.05) is 19.9 Å². The lowest BCUT2D eigenvalue weighted by atomic mass is 9.89. The van der Waals surface area contributed by atoms with E-state index in [1.54, 1.807) is 12.1 Å². The van der Waals surface area contributed by atoms with Gasteiger partial charge in [0.1, 0.15) is 5.78 Å². The highest BCUT2D eigenvalue weighted by Gasteiger charge is 2.46. The Kier molecular flexibility index (Phi) is 3.77. The second kappa shape index (κ2) is 5.21. The van der Waals surface area contributed by atoms with Crippen LogP contribution in [0, 0.1) is 0 Å². The Bertz CT molecular complexity index is 600. The molecule has 1 aromatic rings. The van der Waals surface area contributed by atoms with E-state index < -0.39 is 11.5 Å². The number of Topliss-reactive ketones (excluding diaryl/α,β-unsaturated/α-hetero) is 1. The average molecular weight is 273 g/mol. The van der Waals surface area contributed by atoms with Crippen molar-refractivity contribution in [1.29, 1.82) is 0 Å². The van der Waals surface area contributed by atoms with Crippen LogP contribution >= 0.6 is 0 Å². The number of ketones is 1. The zero-order chi connectivity index (χ0) is 14.9. The molecule has 2 N–H and O–H groups in total. The van der Waals surface area contributed by atoms with Gasteiger partial charge < -0.3 is 10.4 Å². The third kappa shape index (κ3) is 2.65. The highest BCUT2D eigenvalue weighted by molar-refractivity contribution is 6.07. The molecule has 0 aliphatic carbocycles. The van der Waals surface area contributed by atoms with Crippen LogP contribution in [0.3, 0.4) is 0 Å². The summed E-state index contributed by atoms with van der Waals surface area (Å²) in [5, 5.41) is 13.2. The molecule has 0 bridgehead atoms. The van der Waals surface area contributed by atoms with Crippen molar-refractivity contribution in [1.82, 2.24) is 0 Å². The zero-order valence-electron chi connectivity index (χ0n) is 12.0. The lowest BCUT2D eigenvalue weighted by Crippen LogP contribution is -2.36. The van der Waals surface area contributed by atoms with Crippen LogP contribution in [-0.2, 0) is 21.6 Å². The van der Waals surface area contributed by atoms with E-state index in [-0.39, 0.29) is 12.2 Å². The van der Waals surface area contributed by atoms with E-state index in [9.17, 15) is 14.7 Å². The van der Waals surface area contributed by atoms with Crippen molar-refractivity contribution < 1.29 is 14.7 Å². The van der Waals surface area contributed by atoms with Crippen molar-refractivity contribution in [2.45, 2.75) is 39.2 Å². The summed E-state index contributed by atoms with van der Waals surface area (Å²) < 4.78 is 0. The van der Waals surface area contributed by atoms with Gasteiger partial charge >= 0.3 is 0 Å². The molecule has 1 aliphatic rings. The Labute approximate surface area is 118 Å².